The highest BCUT2D eigenvalue weighted by atomic mass is 35.5. The van der Waals surface area contributed by atoms with E-state index in [-0.39, 0.29) is 17.3 Å². The van der Waals surface area contributed by atoms with Crippen LogP contribution in [0.4, 0.5) is 0 Å². The molecule has 0 radical (unpaired) electrons. The van der Waals surface area contributed by atoms with Crippen molar-refractivity contribution in [3.8, 4) is 5.75 Å². The molecular formula is C16H16ClN3O5S. The molecule has 2 amide bonds. The van der Waals surface area contributed by atoms with Gasteiger partial charge in [-0.3, -0.25) is 14.5 Å². The number of halogens is 1. The van der Waals surface area contributed by atoms with E-state index in [2.05, 4.69) is 5.32 Å². The minimum atomic E-state index is -1.22. The van der Waals surface area contributed by atoms with Crippen LogP contribution >= 0.6 is 23.4 Å². The molecule has 2 heterocycles. The smallest absolute Gasteiger partial charge is 0.352 e. The number of aromatic hydroxyl groups is 1. The molecule has 10 heteroatoms. The van der Waals surface area contributed by atoms with Crippen LogP contribution in [0.5, 0.6) is 5.75 Å². The number of carboxylic acids is 1. The molecular weight excluding hydrogens is 382 g/mol. The number of carbonyl (C=O) groups excluding carboxylic acids is 2. The van der Waals surface area contributed by atoms with Gasteiger partial charge in [0.15, 0.2) is 0 Å². The highest BCUT2D eigenvalue weighted by Crippen LogP contribution is 2.40. The first-order valence-electron chi connectivity index (χ1n) is 7.66. The second kappa shape index (κ2) is 7.18. The Kier molecular flexibility index (Phi) is 5.12. The Balaban J connectivity index is 1.72. The molecule has 138 valence electrons. The molecule has 3 atom stereocenters. The van der Waals surface area contributed by atoms with E-state index in [9.17, 15) is 24.6 Å². The molecule has 1 fully saturated rings. The van der Waals surface area contributed by atoms with Gasteiger partial charge in [0.25, 0.3) is 5.91 Å². The first kappa shape index (κ1) is 18.6. The lowest BCUT2D eigenvalue weighted by molar-refractivity contribution is -0.150. The number of hydrogen-bond acceptors (Lipinski definition) is 6. The average molecular weight is 398 g/mol. The quantitative estimate of drug-likeness (QED) is 0.416. The highest BCUT2D eigenvalue weighted by molar-refractivity contribution is 8.00. The molecule has 2 unspecified atom stereocenters. The van der Waals surface area contributed by atoms with Gasteiger partial charge in [-0.05, 0) is 23.3 Å². The SMILES string of the molecule is NC(C(=O)NC1C(=O)N2C(C(=O)O)=C(CCl)CS[C@H]12)c1ccc(O)cc1. The third-order valence-electron chi connectivity index (χ3n) is 4.24. The Bertz CT molecular complexity index is 798. The molecule has 0 aliphatic carbocycles. The van der Waals surface area contributed by atoms with E-state index in [1.807, 2.05) is 0 Å². The number of carbonyl (C=O) groups is 3. The van der Waals surface area contributed by atoms with Crippen LogP contribution in [0.1, 0.15) is 11.6 Å². The fraction of sp³-hybridized carbons (Fsp3) is 0.312. The van der Waals surface area contributed by atoms with Crippen LogP contribution in [0.15, 0.2) is 35.5 Å². The first-order chi connectivity index (χ1) is 12.3. The average Bonchev–Trinajstić information content (AvgIpc) is 2.64. The Morgan fingerprint density at radius 2 is 2.04 bits per heavy atom. The number of aliphatic carboxylic acids is 1. The van der Waals surface area contributed by atoms with Gasteiger partial charge >= 0.3 is 5.97 Å². The molecule has 1 saturated heterocycles. The van der Waals surface area contributed by atoms with Gasteiger partial charge in [0.1, 0.15) is 28.9 Å². The number of phenolic OH excluding ortho intramolecular Hbond substituents is 1. The number of benzene rings is 1. The zero-order chi connectivity index (χ0) is 19.0. The molecule has 2 aliphatic heterocycles. The summed E-state index contributed by atoms with van der Waals surface area (Å²) < 4.78 is 0. The van der Waals surface area contributed by atoms with Crippen molar-refractivity contribution in [1.82, 2.24) is 10.2 Å². The maximum absolute atomic E-state index is 12.4. The summed E-state index contributed by atoms with van der Waals surface area (Å²) in [5.41, 5.74) is 6.75. The number of hydrogen-bond donors (Lipinski definition) is 4. The molecule has 26 heavy (non-hydrogen) atoms. The van der Waals surface area contributed by atoms with Gasteiger partial charge < -0.3 is 21.3 Å². The summed E-state index contributed by atoms with van der Waals surface area (Å²) >= 11 is 7.11. The summed E-state index contributed by atoms with van der Waals surface area (Å²) in [6, 6.07) is 3.99. The summed E-state index contributed by atoms with van der Waals surface area (Å²) in [6.45, 7) is 0. The van der Waals surface area contributed by atoms with Gasteiger partial charge in [-0.25, -0.2) is 4.79 Å². The molecule has 0 spiro atoms. The van der Waals surface area contributed by atoms with Crippen molar-refractivity contribution in [2.75, 3.05) is 11.6 Å². The van der Waals surface area contributed by atoms with Crippen molar-refractivity contribution in [2.24, 2.45) is 5.73 Å². The van der Waals surface area contributed by atoms with Crippen LogP contribution in [0.3, 0.4) is 0 Å². The van der Waals surface area contributed by atoms with E-state index in [0.29, 0.717) is 16.9 Å². The number of nitrogens with one attached hydrogen (secondary N) is 1. The van der Waals surface area contributed by atoms with E-state index >= 15 is 0 Å². The normalized spacial score (nSPS) is 23.2. The highest BCUT2D eigenvalue weighted by Gasteiger charge is 2.54. The molecule has 0 aromatic heterocycles. The molecule has 1 aromatic rings. The summed E-state index contributed by atoms with van der Waals surface area (Å²) in [6.07, 6.45) is 0. The van der Waals surface area contributed by atoms with Crippen LogP contribution < -0.4 is 11.1 Å². The van der Waals surface area contributed by atoms with Crippen molar-refractivity contribution >= 4 is 41.1 Å². The molecule has 3 rings (SSSR count). The first-order valence-corrected chi connectivity index (χ1v) is 9.24. The number of thioether (sulfide) groups is 1. The summed E-state index contributed by atoms with van der Waals surface area (Å²) in [4.78, 5) is 37.4. The van der Waals surface area contributed by atoms with Crippen LogP contribution in [0.2, 0.25) is 0 Å². The Morgan fingerprint density at radius 3 is 2.62 bits per heavy atom. The maximum atomic E-state index is 12.4. The van der Waals surface area contributed by atoms with Crippen molar-refractivity contribution in [3.05, 3.63) is 41.1 Å². The van der Waals surface area contributed by atoms with Gasteiger partial charge in [-0.15, -0.1) is 23.4 Å². The predicted octanol–water partition coefficient (Wildman–Crippen LogP) is 0.369. The number of alkyl halides is 1. The van der Waals surface area contributed by atoms with Gasteiger partial charge in [-0.1, -0.05) is 12.1 Å². The zero-order valence-corrected chi connectivity index (χ0v) is 15.0. The van der Waals surface area contributed by atoms with E-state index in [0.717, 1.165) is 4.90 Å². The second-order valence-electron chi connectivity index (χ2n) is 5.86. The monoisotopic (exact) mass is 397 g/mol. The topological polar surface area (TPSA) is 133 Å². The number of phenols is 1. The Morgan fingerprint density at radius 1 is 1.38 bits per heavy atom. The lowest BCUT2D eigenvalue weighted by atomic mass is 10.0. The Hall–Kier alpha value is -2.23. The van der Waals surface area contributed by atoms with Gasteiger partial charge in [0.2, 0.25) is 5.91 Å². The largest absolute Gasteiger partial charge is 0.508 e. The van der Waals surface area contributed by atoms with Crippen molar-refractivity contribution in [2.45, 2.75) is 17.5 Å². The molecule has 2 aliphatic rings. The van der Waals surface area contributed by atoms with E-state index in [4.69, 9.17) is 17.3 Å². The van der Waals surface area contributed by atoms with E-state index < -0.39 is 35.2 Å². The van der Waals surface area contributed by atoms with Crippen molar-refractivity contribution in [1.29, 1.82) is 0 Å². The third kappa shape index (κ3) is 3.13. The predicted molar refractivity (Wildman–Crippen MR) is 95.4 cm³/mol. The number of fused-ring (bicyclic) bond motifs is 1. The second-order valence-corrected chi connectivity index (χ2v) is 7.23. The van der Waals surface area contributed by atoms with E-state index in [1.54, 1.807) is 0 Å². The minimum absolute atomic E-state index is 0.0217. The fourth-order valence-corrected chi connectivity index (χ4v) is 4.54. The molecule has 0 saturated carbocycles. The van der Waals surface area contributed by atoms with Crippen LogP contribution in [-0.4, -0.2) is 55.9 Å². The van der Waals surface area contributed by atoms with E-state index in [1.165, 1.54) is 36.0 Å². The van der Waals surface area contributed by atoms with Gasteiger partial charge in [0, 0.05) is 11.6 Å². The minimum Gasteiger partial charge on any atom is -0.508 e. The number of rotatable bonds is 5. The Labute approximate surface area is 158 Å². The fourth-order valence-electron chi connectivity index (χ4n) is 2.86. The number of nitrogens with zero attached hydrogens (tertiary/aromatic N) is 1. The van der Waals surface area contributed by atoms with Crippen molar-refractivity contribution < 1.29 is 24.6 Å². The standard InChI is InChI=1S/C16H16ClN3O5S/c17-5-8-6-26-15-11(14(23)20(15)12(8)16(24)25)19-13(22)10(18)7-1-3-9(21)4-2-7/h1-4,10-11,15,21H,5-6,18H2,(H,19,22)(H,24,25)/t10?,11?,15-/m1/s1. The molecule has 0 bridgehead atoms. The van der Waals surface area contributed by atoms with Crippen LogP contribution in [0, 0.1) is 0 Å². The lowest BCUT2D eigenvalue weighted by Gasteiger charge is -2.49. The summed E-state index contributed by atoms with van der Waals surface area (Å²) in [5.74, 6) is -1.84. The van der Waals surface area contributed by atoms with Gasteiger partial charge in [-0.2, -0.15) is 0 Å². The molecule has 1 aromatic carbocycles. The maximum Gasteiger partial charge on any atom is 0.352 e. The number of β-lactam (4-membered cyclic amide) rings is 1. The van der Waals surface area contributed by atoms with Crippen molar-refractivity contribution in [3.63, 3.8) is 0 Å². The lowest BCUT2D eigenvalue weighted by Crippen LogP contribution is -2.71. The number of carboxylic acid groups (broad SMARTS) is 1. The van der Waals surface area contributed by atoms with Crippen LogP contribution in [0.25, 0.3) is 0 Å². The summed E-state index contributed by atoms with van der Waals surface area (Å²) in [7, 11) is 0. The zero-order valence-electron chi connectivity index (χ0n) is 13.4. The van der Waals surface area contributed by atoms with Gasteiger partial charge in [0.05, 0.1) is 0 Å². The third-order valence-corrected chi connectivity index (χ3v) is 5.91. The molecule has 8 nitrogen and oxygen atoms in total. The number of amides is 2. The van der Waals surface area contributed by atoms with Crippen LogP contribution in [-0.2, 0) is 14.4 Å². The molecule has 5 N–H and O–H groups in total. The number of nitrogens with two attached hydrogens (primary N) is 1. The summed E-state index contributed by atoms with van der Waals surface area (Å²) in [5, 5.41) is 20.7.